The van der Waals surface area contributed by atoms with E-state index in [-0.39, 0.29) is 5.41 Å². The van der Waals surface area contributed by atoms with Gasteiger partial charge in [0.1, 0.15) is 0 Å². The first kappa shape index (κ1) is 30.8. The van der Waals surface area contributed by atoms with Gasteiger partial charge in [-0.3, -0.25) is 0 Å². The van der Waals surface area contributed by atoms with Gasteiger partial charge in [0.15, 0.2) is 0 Å². The molecule has 11 rings (SSSR count). The molecule has 0 aliphatic heterocycles. The van der Waals surface area contributed by atoms with Crippen LogP contribution in [0.4, 0.5) is 0 Å². The van der Waals surface area contributed by atoms with E-state index < -0.39 is 0 Å². The third-order valence-electron chi connectivity index (χ3n) is 11.0. The molecule has 0 spiro atoms. The lowest BCUT2D eigenvalue weighted by Gasteiger charge is -2.23. The lowest BCUT2D eigenvalue weighted by atomic mass is 9.82. The van der Waals surface area contributed by atoms with Crippen LogP contribution in [-0.2, 0) is 5.41 Å². The molecule has 0 aliphatic carbocycles. The lowest BCUT2D eigenvalue weighted by molar-refractivity contribution is 0.606. The van der Waals surface area contributed by atoms with Crippen molar-refractivity contribution in [1.82, 2.24) is 4.57 Å². The molecule has 0 saturated heterocycles. The van der Waals surface area contributed by atoms with E-state index in [1.165, 1.54) is 106 Å². The number of benzene rings is 8. The van der Waals surface area contributed by atoms with Gasteiger partial charge in [-0.25, -0.2) is 0 Å². The summed E-state index contributed by atoms with van der Waals surface area (Å²) in [5, 5.41) is 11.7. The highest BCUT2D eigenvalue weighted by atomic mass is 32.1. The molecule has 8 aromatic carbocycles. The molecule has 0 radical (unpaired) electrons. The molecule has 0 unspecified atom stereocenters. The number of hydrogen-bond donors (Lipinski definition) is 0. The molecule has 0 amide bonds. The minimum absolute atomic E-state index is 0.0564. The van der Waals surface area contributed by atoms with Crippen LogP contribution in [-0.4, -0.2) is 4.57 Å². The fourth-order valence-electron chi connectivity index (χ4n) is 8.79. The Morgan fingerprint density at radius 2 is 0.887 bits per heavy atom. The predicted molar refractivity (Wildman–Crippen MR) is 234 cm³/mol. The molecule has 0 fully saturated rings. The number of rotatable bonds is 3. The molecule has 252 valence electrons. The first-order valence-corrected chi connectivity index (χ1v) is 20.0. The van der Waals surface area contributed by atoms with Crippen LogP contribution in [0.1, 0.15) is 25.6 Å². The van der Waals surface area contributed by atoms with E-state index in [1.54, 1.807) is 0 Å². The first-order valence-electron chi connectivity index (χ1n) is 18.4. The maximum atomic E-state index is 2.46. The smallest absolute Gasteiger partial charge is 0.0541 e. The van der Waals surface area contributed by atoms with Gasteiger partial charge in [-0.1, -0.05) is 136 Å². The Hall–Kier alpha value is -5.74. The number of thiophene rings is 2. The second kappa shape index (κ2) is 11.4. The highest BCUT2D eigenvalue weighted by Gasteiger charge is 2.28. The van der Waals surface area contributed by atoms with Crippen LogP contribution in [0.25, 0.3) is 102 Å². The average Bonchev–Trinajstić information content (AvgIpc) is 3.86. The van der Waals surface area contributed by atoms with Crippen LogP contribution >= 0.6 is 22.7 Å². The molecule has 1 nitrogen and oxygen atoms in total. The van der Waals surface area contributed by atoms with Crippen molar-refractivity contribution < 1.29 is 0 Å². The van der Waals surface area contributed by atoms with Gasteiger partial charge < -0.3 is 4.57 Å². The van der Waals surface area contributed by atoms with Crippen LogP contribution < -0.4 is 0 Å². The summed E-state index contributed by atoms with van der Waals surface area (Å²) in [5.74, 6) is 0. The molecule has 0 atom stereocenters. The molecule has 0 aliphatic rings. The number of nitrogens with zero attached hydrogens (tertiary/aromatic N) is 1. The van der Waals surface area contributed by atoms with E-state index in [9.17, 15) is 0 Å². The Bertz CT molecular complexity index is 3160. The second-order valence-electron chi connectivity index (χ2n) is 15.3. The van der Waals surface area contributed by atoms with Crippen molar-refractivity contribution in [3.05, 3.63) is 163 Å². The van der Waals surface area contributed by atoms with Crippen molar-refractivity contribution >= 4 is 96.3 Å². The Kier molecular flexibility index (Phi) is 6.62. The molecular weight excluding hydrogens is 679 g/mol. The molecular formula is C50H35NS2. The van der Waals surface area contributed by atoms with E-state index in [0.29, 0.717) is 0 Å². The highest BCUT2D eigenvalue weighted by molar-refractivity contribution is 7.25. The lowest BCUT2D eigenvalue weighted by Crippen LogP contribution is -2.10. The predicted octanol–water partition coefficient (Wildman–Crippen LogP) is 15.3. The normalized spacial score (nSPS) is 12.4. The quantitative estimate of drug-likeness (QED) is 0.161. The Morgan fingerprint density at radius 3 is 1.51 bits per heavy atom. The zero-order chi connectivity index (χ0) is 35.4. The van der Waals surface area contributed by atoms with Crippen LogP contribution in [0.5, 0.6) is 0 Å². The number of hydrogen-bond acceptors (Lipinski definition) is 2. The van der Waals surface area contributed by atoms with Gasteiger partial charge in [0, 0.05) is 57.2 Å². The Labute approximate surface area is 316 Å². The summed E-state index contributed by atoms with van der Waals surface area (Å²) in [6.07, 6.45) is 0. The second-order valence-corrected chi connectivity index (χ2v) is 17.4. The monoisotopic (exact) mass is 713 g/mol. The van der Waals surface area contributed by atoms with Gasteiger partial charge in [0.2, 0.25) is 0 Å². The third kappa shape index (κ3) is 4.54. The van der Waals surface area contributed by atoms with Crippen molar-refractivity contribution in [2.75, 3.05) is 0 Å². The van der Waals surface area contributed by atoms with E-state index in [1.807, 2.05) is 22.7 Å². The highest BCUT2D eigenvalue weighted by Crippen LogP contribution is 2.52. The Balaban J connectivity index is 1.24. The largest absolute Gasteiger partial charge is 0.309 e. The van der Waals surface area contributed by atoms with Gasteiger partial charge in [-0.05, 0) is 86.1 Å². The summed E-state index contributed by atoms with van der Waals surface area (Å²) in [6, 6.07) is 58.9. The summed E-state index contributed by atoms with van der Waals surface area (Å²) >= 11 is 3.84. The van der Waals surface area contributed by atoms with Crippen LogP contribution in [0.15, 0.2) is 158 Å². The van der Waals surface area contributed by atoms with Crippen molar-refractivity contribution in [2.45, 2.75) is 26.2 Å². The van der Waals surface area contributed by atoms with Gasteiger partial charge in [-0.15, -0.1) is 22.7 Å². The SMILES string of the molecule is CC(C)(C)c1sc2ccc(-n3c4ccccc4c4ccccc43)cc2c1-c1c2ccccc2c(-c2ccc3c(c2)sc2ccccc23)c2ccccc12. The number of fused-ring (bicyclic) bond motifs is 9. The molecule has 11 aromatic rings. The van der Waals surface area contributed by atoms with Crippen molar-refractivity contribution in [1.29, 1.82) is 0 Å². The molecule has 0 bridgehead atoms. The van der Waals surface area contributed by atoms with Gasteiger partial charge >= 0.3 is 0 Å². The summed E-state index contributed by atoms with van der Waals surface area (Å²) < 4.78 is 6.44. The van der Waals surface area contributed by atoms with Gasteiger partial charge in [-0.2, -0.15) is 0 Å². The summed E-state index contributed by atoms with van der Waals surface area (Å²) in [4.78, 5) is 1.42. The summed E-state index contributed by atoms with van der Waals surface area (Å²) in [5.41, 5.74) is 8.87. The molecule has 3 heterocycles. The first-order chi connectivity index (χ1) is 25.9. The van der Waals surface area contributed by atoms with Crippen molar-refractivity contribution in [2.24, 2.45) is 0 Å². The van der Waals surface area contributed by atoms with Crippen LogP contribution in [0, 0.1) is 0 Å². The number of para-hydroxylation sites is 2. The molecule has 0 saturated carbocycles. The van der Waals surface area contributed by atoms with Crippen LogP contribution in [0.3, 0.4) is 0 Å². The van der Waals surface area contributed by atoms with Gasteiger partial charge in [0.05, 0.1) is 11.0 Å². The maximum absolute atomic E-state index is 2.46. The third-order valence-corrected chi connectivity index (χ3v) is 13.8. The summed E-state index contributed by atoms with van der Waals surface area (Å²) in [7, 11) is 0. The van der Waals surface area contributed by atoms with Crippen molar-refractivity contribution in [3.63, 3.8) is 0 Å². The molecule has 3 heteroatoms. The zero-order valence-corrected chi connectivity index (χ0v) is 31.4. The van der Waals surface area contributed by atoms with Crippen LogP contribution in [0.2, 0.25) is 0 Å². The van der Waals surface area contributed by atoms with Crippen molar-refractivity contribution in [3.8, 4) is 27.9 Å². The minimum atomic E-state index is -0.0564. The molecule has 53 heavy (non-hydrogen) atoms. The topological polar surface area (TPSA) is 4.93 Å². The standard InChI is InChI=1S/C50H35NS2/c1-50(2,3)49-48(40-29-31(25-27-44(40)53-49)51-41-21-11-8-14-32(41)33-15-9-12-22-42(33)51)47-38-19-6-4-17-36(38)46(37-18-5-7-20-39(37)47)30-24-26-35-34-16-10-13-23-43(34)52-45(35)28-30/h4-29H,1-3H3. The van der Waals surface area contributed by atoms with Gasteiger partial charge in [0.25, 0.3) is 0 Å². The number of aromatic nitrogens is 1. The van der Waals surface area contributed by atoms with E-state index >= 15 is 0 Å². The fraction of sp³-hybridized carbons (Fsp3) is 0.0800. The fourth-order valence-corrected chi connectivity index (χ4v) is 11.2. The molecule has 3 aromatic heterocycles. The van der Waals surface area contributed by atoms with E-state index in [4.69, 9.17) is 0 Å². The summed E-state index contributed by atoms with van der Waals surface area (Å²) in [6.45, 7) is 7.11. The molecule has 0 N–H and O–H groups in total. The maximum Gasteiger partial charge on any atom is 0.0541 e. The average molecular weight is 714 g/mol. The van der Waals surface area contributed by atoms with E-state index in [2.05, 4.69) is 183 Å². The van der Waals surface area contributed by atoms with E-state index in [0.717, 1.165) is 0 Å². The Morgan fingerprint density at radius 1 is 0.377 bits per heavy atom. The zero-order valence-electron chi connectivity index (χ0n) is 29.8. The minimum Gasteiger partial charge on any atom is -0.309 e.